The van der Waals surface area contributed by atoms with Gasteiger partial charge in [0, 0.05) is 42.9 Å². The second-order valence-electron chi connectivity index (χ2n) is 8.97. The van der Waals surface area contributed by atoms with Crippen molar-refractivity contribution in [3.63, 3.8) is 0 Å². The molecule has 5 heteroatoms. The number of carbonyl (C=O) groups excluding carboxylic acids is 1. The first-order chi connectivity index (χ1) is 14.1. The van der Waals surface area contributed by atoms with Crippen molar-refractivity contribution in [3.8, 4) is 0 Å². The second kappa shape index (κ2) is 7.43. The maximum atomic E-state index is 13.2. The van der Waals surface area contributed by atoms with Crippen LogP contribution in [0.4, 0.5) is 4.39 Å². The van der Waals surface area contributed by atoms with Crippen LogP contribution in [-0.4, -0.2) is 28.5 Å². The molecule has 2 atom stereocenters. The molecule has 3 aliphatic rings. The van der Waals surface area contributed by atoms with E-state index in [2.05, 4.69) is 6.07 Å². The number of benzene rings is 1. The van der Waals surface area contributed by atoms with E-state index in [1.165, 1.54) is 55.5 Å². The van der Waals surface area contributed by atoms with E-state index in [0.29, 0.717) is 37.0 Å². The van der Waals surface area contributed by atoms with Gasteiger partial charge in [0.05, 0.1) is 0 Å². The van der Waals surface area contributed by atoms with E-state index in [-0.39, 0.29) is 23.2 Å². The average Bonchev–Trinajstić information content (AvgIpc) is 2.75. The van der Waals surface area contributed by atoms with E-state index in [4.69, 9.17) is 0 Å². The summed E-state index contributed by atoms with van der Waals surface area (Å²) in [6.07, 6.45) is 7.24. The minimum Gasteiger partial charge on any atom is -0.338 e. The van der Waals surface area contributed by atoms with Crippen LogP contribution in [0.1, 0.15) is 72.0 Å². The molecule has 2 aliphatic heterocycles. The monoisotopic (exact) mass is 394 g/mol. The predicted octanol–water partition coefficient (Wildman–Crippen LogP) is 4.29. The number of piperidine rings is 1. The zero-order valence-electron chi connectivity index (χ0n) is 16.6. The van der Waals surface area contributed by atoms with Gasteiger partial charge in [-0.2, -0.15) is 0 Å². The summed E-state index contributed by atoms with van der Waals surface area (Å²) in [5.74, 6) is 0.668. The van der Waals surface area contributed by atoms with Crippen molar-refractivity contribution in [1.82, 2.24) is 9.47 Å². The standard InChI is InChI=1S/C24H27FN2O2/c25-20-8-6-18(7-9-20)24(29)26-13-16-12-19(15-26)23-21(17-4-2-1-3-5-17)10-11-22(28)27(23)14-16/h6-11,16-17,19H,1-5,12-15H2/t16-,19-/m1/s1. The molecule has 2 fully saturated rings. The molecule has 29 heavy (non-hydrogen) atoms. The summed E-state index contributed by atoms with van der Waals surface area (Å²) < 4.78 is 15.2. The van der Waals surface area contributed by atoms with Gasteiger partial charge in [0.2, 0.25) is 0 Å². The highest BCUT2D eigenvalue weighted by molar-refractivity contribution is 5.94. The Morgan fingerprint density at radius 3 is 2.41 bits per heavy atom. The lowest BCUT2D eigenvalue weighted by atomic mass is 9.76. The number of fused-ring (bicyclic) bond motifs is 4. The third kappa shape index (κ3) is 3.41. The number of halogens is 1. The number of hydrogen-bond acceptors (Lipinski definition) is 2. The van der Waals surface area contributed by atoms with Crippen LogP contribution in [0, 0.1) is 11.7 Å². The number of amides is 1. The van der Waals surface area contributed by atoms with Crippen molar-refractivity contribution in [1.29, 1.82) is 0 Å². The Labute approximate surface area is 170 Å². The van der Waals surface area contributed by atoms with Crippen LogP contribution < -0.4 is 5.56 Å². The van der Waals surface area contributed by atoms with Gasteiger partial charge in [0.25, 0.3) is 11.5 Å². The first-order valence-corrected chi connectivity index (χ1v) is 10.9. The fraction of sp³-hybridized carbons (Fsp3) is 0.500. The van der Waals surface area contributed by atoms with Crippen LogP contribution in [0.3, 0.4) is 0 Å². The number of nitrogens with zero attached hydrogens (tertiary/aromatic N) is 2. The van der Waals surface area contributed by atoms with Crippen molar-refractivity contribution in [2.24, 2.45) is 5.92 Å². The van der Waals surface area contributed by atoms with Gasteiger partial charge in [0.1, 0.15) is 5.82 Å². The van der Waals surface area contributed by atoms with Crippen LogP contribution in [0.5, 0.6) is 0 Å². The lowest BCUT2D eigenvalue weighted by Gasteiger charge is -2.44. The van der Waals surface area contributed by atoms with Gasteiger partial charge >= 0.3 is 0 Å². The molecule has 0 N–H and O–H groups in total. The van der Waals surface area contributed by atoms with E-state index >= 15 is 0 Å². The third-order valence-electron chi connectivity index (χ3n) is 7.05. The Morgan fingerprint density at radius 1 is 0.897 bits per heavy atom. The molecular formula is C24H27FN2O2. The molecule has 0 radical (unpaired) electrons. The molecule has 1 saturated carbocycles. The number of pyridine rings is 1. The van der Waals surface area contributed by atoms with Gasteiger partial charge in [-0.15, -0.1) is 0 Å². The molecule has 152 valence electrons. The van der Waals surface area contributed by atoms with E-state index in [1.807, 2.05) is 9.47 Å². The Bertz CT molecular complexity index is 975. The lowest BCUT2D eigenvalue weighted by molar-refractivity contribution is 0.0592. The van der Waals surface area contributed by atoms with Gasteiger partial charge in [0.15, 0.2) is 0 Å². The minimum absolute atomic E-state index is 0.0364. The summed E-state index contributed by atoms with van der Waals surface area (Å²) in [4.78, 5) is 27.6. The van der Waals surface area contributed by atoms with E-state index in [0.717, 1.165) is 6.42 Å². The Kier molecular flexibility index (Phi) is 4.76. The smallest absolute Gasteiger partial charge is 0.253 e. The van der Waals surface area contributed by atoms with Crippen LogP contribution in [0.25, 0.3) is 0 Å². The normalized spacial score (nSPS) is 24.2. The summed E-state index contributed by atoms with van der Waals surface area (Å²) in [7, 11) is 0. The Morgan fingerprint density at radius 2 is 1.66 bits per heavy atom. The summed E-state index contributed by atoms with van der Waals surface area (Å²) in [6, 6.07) is 9.62. The van der Waals surface area contributed by atoms with Gasteiger partial charge in [-0.3, -0.25) is 9.59 Å². The van der Waals surface area contributed by atoms with E-state index in [1.54, 1.807) is 18.2 Å². The number of aromatic nitrogens is 1. The summed E-state index contributed by atoms with van der Waals surface area (Å²) >= 11 is 0. The quantitative estimate of drug-likeness (QED) is 0.762. The van der Waals surface area contributed by atoms with Crippen LogP contribution in [-0.2, 0) is 6.54 Å². The number of likely N-dealkylation sites (tertiary alicyclic amines) is 1. The molecule has 1 saturated heterocycles. The molecule has 1 amide bonds. The highest BCUT2D eigenvalue weighted by atomic mass is 19.1. The zero-order valence-corrected chi connectivity index (χ0v) is 16.6. The lowest BCUT2D eigenvalue weighted by Crippen LogP contribution is -2.49. The van der Waals surface area contributed by atoms with E-state index < -0.39 is 0 Å². The van der Waals surface area contributed by atoms with Gasteiger partial charge in [-0.25, -0.2) is 4.39 Å². The maximum absolute atomic E-state index is 13.2. The zero-order chi connectivity index (χ0) is 20.0. The average molecular weight is 394 g/mol. The maximum Gasteiger partial charge on any atom is 0.253 e. The predicted molar refractivity (Wildman–Crippen MR) is 110 cm³/mol. The molecule has 5 rings (SSSR count). The minimum atomic E-state index is -0.331. The van der Waals surface area contributed by atoms with Gasteiger partial charge < -0.3 is 9.47 Å². The topological polar surface area (TPSA) is 42.3 Å². The first-order valence-electron chi connectivity index (χ1n) is 10.9. The molecule has 2 bridgehead atoms. The molecule has 1 aromatic carbocycles. The largest absolute Gasteiger partial charge is 0.338 e. The summed E-state index contributed by atoms with van der Waals surface area (Å²) in [6.45, 7) is 1.99. The second-order valence-corrected chi connectivity index (χ2v) is 8.97. The van der Waals surface area contributed by atoms with Gasteiger partial charge in [-0.1, -0.05) is 25.3 Å². The number of carbonyl (C=O) groups is 1. The van der Waals surface area contributed by atoms with Crippen molar-refractivity contribution >= 4 is 5.91 Å². The molecular weight excluding hydrogens is 367 g/mol. The fourth-order valence-electron chi connectivity index (χ4n) is 5.75. The van der Waals surface area contributed by atoms with E-state index in [9.17, 15) is 14.0 Å². The first kappa shape index (κ1) is 18.6. The molecule has 1 aromatic heterocycles. The van der Waals surface area contributed by atoms with Crippen molar-refractivity contribution in [3.05, 3.63) is 69.4 Å². The molecule has 2 aromatic rings. The molecule has 0 unspecified atom stereocenters. The van der Waals surface area contributed by atoms with Crippen LogP contribution in [0.2, 0.25) is 0 Å². The van der Waals surface area contributed by atoms with Crippen molar-refractivity contribution in [2.45, 2.75) is 56.9 Å². The Balaban J connectivity index is 1.47. The molecule has 3 heterocycles. The van der Waals surface area contributed by atoms with Crippen molar-refractivity contribution < 1.29 is 9.18 Å². The molecule has 4 nitrogen and oxygen atoms in total. The molecule has 0 spiro atoms. The van der Waals surface area contributed by atoms with Crippen LogP contribution >= 0.6 is 0 Å². The highest BCUT2D eigenvalue weighted by Gasteiger charge is 2.38. The van der Waals surface area contributed by atoms with Crippen LogP contribution in [0.15, 0.2) is 41.2 Å². The van der Waals surface area contributed by atoms with Gasteiger partial charge in [-0.05, 0) is 60.9 Å². The Hall–Kier alpha value is -2.43. The number of hydrogen-bond donors (Lipinski definition) is 0. The summed E-state index contributed by atoms with van der Waals surface area (Å²) in [5, 5.41) is 0. The highest BCUT2D eigenvalue weighted by Crippen LogP contribution is 2.42. The third-order valence-corrected chi connectivity index (χ3v) is 7.05. The SMILES string of the molecule is O=C(c1ccc(F)cc1)N1C[C@H]2C[C@H](C1)c1c(C3CCCCC3)ccc(=O)n1C2. The molecule has 1 aliphatic carbocycles. The number of rotatable bonds is 2. The van der Waals surface area contributed by atoms with Crippen molar-refractivity contribution in [2.75, 3.05) is 13.1 Å². The fourth-order valence-corrected chi connectivity index (χ4v) is 5.75. The summed E-state index contributed by atoms with van der Waals surface area (Å²) in [5.41, 5.74) is 3.14.